The number of hydrogen-bond donors (Lipinski definition) is 1. The predicted molar refractivity (Wildman–Crippen MR) is 125 cm³/mol. The molecule has 1 amide bonds. The maximum absolute atomic E-state index is 12.4. The van der Waals surface area contributed by atoms with Crippen LogP contribution in [-0.2, 0) is 4.79 Å². The number of para-hydroxylation sites is 1. The lowest BCUT2D eigenvalue weighted by Gasteiger charge is -2.10. The molecule has 0 radical (unpaired) electrons. The van der Waals surface area contributed by atoms with E-state index in [9.17, 15) is 4.79 Å². The summed E-state index contributed by atoms with van der Waals surface area (Å²) in [7, 11) is 0. The number of amides is 1. The quantitative estimate of drug-likeness (QED) is 0.327. The summed E-state index contributed by atoms with van der Waals surface area (Å²) in [6.45, 7) is 0. The fourth-order valence-corrected chi connectivity index (χ4v) is 4.05. The van der Waals surface area contributed by atoms with Gasteiger partial charge >= 0.3 is 0 Å². The average molecular weight is 500 g/mol. The Bertz CT molecular complexity index is 1170. The molecule has 0 saturated carbocycles. The van der Waals surface area contributed by atoms with Crippen LogP contribution in [0.1, 0.15) is 0 Å². The first kappa shape index (κ1) is 20.7. The number of anilines is 1. The van der Waals surface area contributed by atoms with Gasteiger partial charge in [0.25, 0.3) is 0 Å². The van der Waals surface area contributed by atoms with E-state index in [1.165, 1.54) is 11.8 Å². The summed E-state index contributed by atoms with van der Waals surface area (Å²) in [6.07, 6.45) is 0. The lowest BCUT2D eigenvalue weighted by molar-refractivity contribution is -0.113. The third-order valence-corrected chi connectivity index (χ3v) is 5.88. The molecule has 0 unspecified atom stereocenters. The molecule has 1 heterocycles. The predicted octanol–water partition coefficient (Wildman–Crippen LogP) is 6.08. The number of carbonyl (C=O) groups is 1. The van der Waals surface area contributed by atoms with E-state index >= 15 is 0 Å². The van der Waals surface area contributed by atoms with E-state index in [1.807, 2.05) is 83.4 Å². The third-order valence-electron chi connectivity index (χ3n) is 4.19. The summed E-state index contributed by atoms with van der Waals surface area (Å²) in [6, 6.07) is 24.7. The molecule has 0 spiro atoms. The number of hydrogen-bond acceptors (Lipinski definition) is 4. The number of nitrogens with zero attached hydrogens (tertiary/aromatic N) is 3. The zero-order chi connectivity index (χ0) is 20.9. The van der Waals surface area contributed by atoms with Gasteiger partial charge in [-0.3, -0.25) is 9.36 Å². The van der Waals surface area contributed by atoms with Gasteiger partial charge in [-0.25, -0.2) is 0 Å². The van der Waals surface area contributed by atoms with Crippen LogP contribution in [0.4, 0.5) is 5.69 Å². The maximum Gasteiger partial charge on any atom is 0.234 e. The highest BCUT2D eigenvalue weighted by Gasteiger charge is 2.17. The molecule has 5 nitrogen and oxygen atoms in total. The molecule has 0 fully saturated rings. The second-order valence-electron chi connectivity index (χ2n) is 6.33. The van der Waals surface area contributed by atoms with E-state index in [-0.39, 0.29) is 11.7 Å². The lowest BCUT2D eigenvalue weighted by Crippen LogP contribution is -2.14. The first-order valence-corrected chi connectivity index (χ1v) is 11.2. The van der Waals surface area contributed by atoms with Gasteiger partial charge in [0.1, 0.15) is 0 Å². The summed E-state index contributed by atoms with van der Waals surface area (Å²) in [4.78, 5) is 12.4. The van der Waals surface area contributed by atoms with Gasteiger partial charge < -0.3 is 5.32 Å². The van der Waals surface area contributed by atoms with Crippen molar-refractivity contribution in [3.05, 3.63) is 88.4 Å². The standard InChI is InChI=1S/C22H16BrClN4OS/c23-16-9-11-18(12-10-16)25-20(29)14-30-22-27-26-21(15-5-4-6-17(24)13-15)28(22)19-7-2-1-3-8-19/h1-13H,14H2,(H,25,29). The molecule has 1 N–H and O–H groups in total. The molecule has 0 aliphatic rings. The number of benzene rings is 3. The normalized spacial score (nSPS) is 10.7. The largest absolute Gasteiger partial charge is 0.325 e. The Hall–Kier alpha value is -2.61. The summed E-state index contributed by atoms with van der Waals surface area (Å²) in [5.74, 6) is 0.755. The van der Waals surface area contributed by atoms with Gasteiger partial charge in [-0.05, 0) is 48.5 Å². The molecular formula is C22H16BrClN4OS. The summed E-state index contributed by atoms with van der Waals surface area (Å²) >= 11 is 10.9. The first-order chi connectivity index (χ1) is 14.6. The van der Waals surface area contributed by atoms with Crippen LogP contribution in [0.15, 0.2) is 88.5 Å². The van der Waals surface area contributed by atoms with Gasteiger partial charge in [-0.15, -0.1) is 10.2 Å². The molecule has 30 heavy (non-hydrogen) atoms. The molecule has 0 aliphatic heterocycles. The third kappa shape index (κ3) is 4.92. The van der Waals surface area contributed by atoms with Crippen LogP contribution in [-0.4, -0.2) is 26.4 Å². The fraction of sp³-hybridized carbons (Fsp3) is 0.0455. The smallest absolute Gasteiger partial charge is 0.234 e. The Morgan fingerprint density at radius 3 is 2.50 bits per heavy atom. The number of rotatable bonds is 6. The second kappa shape index (κ2) is 9.47. The molecular weight excluding hydrogens is 484 g/mol. The molecule has 3 aromatic carbocycles. The maximum atomic E-state index is 12.4. The van der Waals surface area contributed by atoms with Crippen molar-refractivity contribution in [3.63, 3.8) is 0 Å². The molecule has 0 saturated heterocycles. The van der Waals surface area contributed by atoms with Gasteiger partial charge in [0, 0.05) is 26.4 Å². The van der Waals surface area contributed by atoms with Crippen LogP contribution < -0.4 is 5.32 Å². The van der Waals surface area contributed by atoms with E-state index in [2.05, 4.69) is 31.4 Å². The Morgan fingerprint density at radius 1 is 1.00 bits per heavy atom. The van der Waals surface area contributed by atoms with Gasteiger partial charge in [-0.1, -0.05) is 69.6 Å². The monoisotopic (exact) mass is 498 g/mol. The van der Waals surface area contributed by atoms with Gasteiger partial charge in [0.15, 0.2) is 11.0 Å². The van der Waals surface area contributed by atoms with Crippen molar-refractivity contribution >= 4 is 50.9 Å². The van der Waals surface area contributed by atoms with Crippen LogP contribution in [0, 0.1) is 0 Å². The Kier molecular flexibility index (Phi) is 6.52. The lowest BCUT2D eigenvalue weighted by atomic mass is 10.2. The minimum absolute atomic E-state index is 0.116. The van der Waals surface area contributed by atoms with Crippen molar-refractivity contribution in [2.24, 2.45) is 0 Å². The molecule has 1 aromatic heterocycles. The van der Waals surface area contributed by atoms with E-state index < -0.39 is 0 Å². The highest BCUT2D eigenvalue weighted by atomic mass is 79.9. The van der Waals surface area contributed by atoms with Gasteiger partial charge in [0.2, 0.25) is 5.91 Å². The SMILES string of the molecule is O=C(CSc1nnc(-c2cccc(Cl)c2)n1-c1ccccc1)Nc1ccc(Br)cc1. The number of halogens is 2. The van der Waals surface area contributed by atoms with Crippen LogP contribution in [0.25, 0.3) is 17.1 Å². The molecule has 8 heteroatoms. The van der Waals surface area contributed by atoms with E-state index in [1.54, 1.807) is 0 Å². The Balaban J connectivity index is 1.58. The van der Waals surface area contributed by atoms with Gasteiger partial charge in [0.05, 0.1) is 5.75 Å². The molecule has 4 aromatic rings. The number of carbonyl (C=O) groups excluding carboxylic acids is 1. The molecule has 0 aliphatic carbocycles. The highest BCUT2D eigenvalue weighted by Crippen LogP contribution is 2.29. The van der Waals surface area contributed by atoms with E-state index in [4.69, 9.17) is 11.6 Å². The fourth-order valence-electron chi connectivity index (χ4n) is 2.85. The molecule has 4 rings (SSSR count). The number of aromatic nitrogens is 3. The second-order valence-corrected chi connectivity index (χ2v) is 8.63. The van der Waals surface area contributed by atoms with Crippen LogP contribution >= 0.6 is 39.3 Å². The topological polar surface area (TPSA) is 59.8 Å². The van der Waals surface area contributed by atoms with Crippen molar-refractivity contribution in [2.45, 2.75) is 5.16 Å². The van der Waals surface area contributed by atoms with E-state index in [0.29, 0.717) is 16.0 Å². The minimum Gasteiger partial charge on any atom is -0.325 e. The van der Waals surface area contributed by atoms with Crippen LogP contribution in [0.2, 0.25) is 5.02 Å². The number of nitrogens with one attached hydrogen (secondary N) is 1. The zero-order valence-corrected chi connectivity index (χ0v) is 18.8. The number of thioether (sulfide) groups is 1. The van der Waals surface area contributed by atoms with Crippen LogP contribution in [0.3, 0.4) is 0 Å². The molecule has 0 bridgehead atoms. The minimum atomic E-state index is -0.116. The first-order valence-electron chi connectivity index (χ1n) is 9.05. The summed E-state index contributed by atoms with van der Waals surface area (Å²) in [5, 5.41) is 12.8. The Labute approximate surface area is 191 Å². The van der Waals surface area contributed by atoms with Crippen molar-refractivity contribution in [2.75, 3.05) is 11.1 Å². The highest BCUT2D eigenvalue weighted by molar-refractivity contribution is 9.10. The van der Waals surface area contributed by atoms with Gasteiger partial charge in [-0.2, -0.15) is 0 Å². The Morgan fingerprint density at radius 2 is 1.77 bits per heavy atom. The van der Waals surface area contributed by atoms with Crippen molar-refractivity contribution < 1.29 is 4.79 Å². The van der Waals surface area contributed by atoms with Crippen LogP contribution in [0.5, 0.6) is 0 Å². The summed E-state index contributed by atoms with van der Waals surface area (Å²) in [5.41, 5.74) is 2.51. The summed E-state index contributed by atoms with van der Waals surface area (Å²) < 4.78 is 2.89. The van der Waals surface area contributed by atoms with Crippen molar-refractivity contribution in [1.82, 2.24) is 14.8 Å². The average Bonchev–Trinajstić information content (AvgIpc) is 3.19. The van der Waals surface area contributed by atoms with Crippen molar-refractivity contribution in [1.29, 1.82) is 0 Å². The van der Waals surface area contributed by atoms with E-state index in [0.717, 1.165) is 21.4 Å². The molecule has 150 valence electrons. The zero-order valence-electron chi connectivity index (χ0n) is 15.6. The molecule has 0 atom stereocenters. The van der Waals surface area contributed by atoms with Crippen molar-refractivity contribution in [3.8, 4) is 17.1 Å².